The number of hydrogen-bond acceptors (Lipinski definition) is 2. The van der Waals surface area contributed by atoms with E-state index in [1.54, 1.807) is 6.92 Å². The molecule has 0 heterocycles. The zero-order valence-electron chi connectivity index (χ0n) is 10.4. The largest absolute Gasteiger partial charge is 0.352 e. The minimum atomic E-state index is -0.362. The van der Waals surface area contributed by atoms with Gasteiger partial charge < -0.3 is 11.1 Å². The van der Waals surface area contributed by atoms with Gasteiger partial charge in [-0.25, -0.2) is 0 Å². The number of fused-ring (bicyclic) bond motifs is 5. The highest BCUT2D eigenvalue weighted by atomic mass is 35.5. The van der Waals surface area contributed by atoms with Gasteiger partial charge in [-0.15, -0.1) is 12.4 Å². The van der Waals surface area contributed by atoms with Crippen molar-refractivity contribution in [1.82, 2.24) is 5.32 Å². The zero-order chi connectivity index (χ0) is 11.3. The van der Waals surface area contributed by atoms with Crippen LogP contribution in [0.25, 0.3) is 0 Å². The lowest BCUT2D eigenvalue weighted by atomic mass is 9.79. The molecule has 3 rings (SSSR count). The predicted molar refractivity (Wildman–Crippen MR) is 69.9 cm³/mol. The molecule has 0 aromatic carbocycles. The Labute approximate surface area is 109 Å². The molecule has 3 saturated carbocycles. The van der Waals surface area contributed by atoms with E-state index in [0.29, 0.717) is 6.04 Å². The van der Waals surface area contributed by atoms with Gasteiger partial charge >= 0.3 is 0 Å². The number of amides is 1. The summed E-state index contributed by atoms with van der Waals surface area (Å²) in [6.07, 6.45) is 6.83. The molecule has 1 amide bonds. The molecule has 0 saturated heterocycles. The van der Waals surface area contributed by atoms with Crippen molar-refractivity contribution in [3.05, 3.63) is 0 Å². The second-order valence-electron chi connectivity index (χ2n) is 6.06. The summed E-state index contributed by atoms with van der Waals surface area (Å²) in [6, 6.07) is 0.0707. The van der Waals surface area contributed by atoms with E-state index in [-0.39, 0.29) is 24.4 Å². The van der Waals surface area contributed by atoms with Crippen molar-refractivity contribution in [3.63, 3.8) is 0 Å². The Morgan fingerprint density at radius 2 is 1.94 bits per heavy atom. The van der Waals surface area contributed by atoms with Gasteiger partial charge in [0.05, 0.1) is 6.04 Å². The quantitative estimate of drug-likeness (QED) is 0.792. The molecule has 3 aliphatic carbocycles. The van der Waals surface area contributed by atoms with Crippen LogP contribution in [-0.2, 0) is 4.79 Å². The molecule has 3 nitrogen and oxygen atoms in total. The van der Waals surface area contributed by atoms with Crippen LogP contribution in [0.15, 0.2) is 0 Å². The van der Waals surface area contributed by atoms with Crippen molar-refractivity contribution >= 4 is 18.3 Å². The van der Waals surface area contributed by atoms with E-state index in [1.807, 2.05) is 0 Å². The van der Waals surface area contributed by atoms with Crippen molar-refractivity contribution in [2.45, 2.75) is 51.1 Å². The summed E-state index contributed by atoms with van der Waals surface area (Å²) >= 11 is 0. The number of halogens is 1. The molecule has 0 spiro atoms. The molecule has 0 radical (unpaired) electrons. The normalized spacial score (nSPS) is 44.0. The summed E-state index contributed by atoms with van der Waals surface area (Å²) in [5.41, 5.74) is 5.61. The molecule has 2 bridgehead atoms. The first kappa shape index (κ1) is 13.2. The van der Waals surface area contributed by atoms with Crippen LogP contribution in [0, 0.1) is 23.7 Å². The van der Waals surface area contributed by atoms with Gasteiger partial charge in [-0.05, 0) is 56.3 Å². The highest BCUT2D eigenvalue weighted by molar-refractivity contribution is 5.85. The predicted octanol–water partition coefficient (Wildman–Crippen LogP) is 1.70. The molecule has 98 valence electrons. The maximum absolute atomic E-state index is 11.6. The van der Waals surface area contributed by atoms with Crippen LogP contribution < -0.4 is 11.1 Å². The van der Waals surface area contributed by atoms with Crippen molar-refractivity contribution < 1.29 is 4.79 Å². The highest BCUT2D eigenvalue weighted by Gasteiger charge is 2.54. The van der Waals surface area contributed by atoms with Crippen LogP contribution in [0.1, 0.15) is 39.0 Å². The van der Waals surface area contributed by atoms with Crippen LogP contribution in [-0.4, -0.2) is 18.0 Å². The Bertz CT molecular complexity index is 308. The van der Waals surface area contributed by atoms with Gasteiger partial charge in [-0.3, -0.25) is 4.79 Å². The van der Waals surface area contributed by atoms with Gasteiger partial charge in [0.15, 0.2) is 0 Å². The van der Waals surface area contributed by atoms with E-state index in [9.17, 15) is 4.79 Å². The molecule has 3 fully saturated rings. The minimum Gasteiger partial charge on any atom is -0.352 e. The number of carbonyl (C=O) groups is 1. The van der Waals surface area contributed by atoms with E-state index < -0.39 is 0 Å². The first-order chi connectivity index (χ1) is 7.66. The first-order valence-corrected chi connectivity index (χ1v) is 6.72. The van der Waals surface area contributed by atoms with Crippen molar-refractivity contribution in [3.8, 4) is 0 Å². The van der Waals surface area contributed by atoms with Crippen LogP contribution in [0.4, 0.5) is 0 Å². The molecule has 5 unspecified atom stereocenters. The maximum Gasteiger partial charge on any atom is 0.236 e. The lowest BCUT2D eigenvalue weighted by molar-refractivity contribution is -0.123. The van der Waals surface area contributed by atoms with Gasteiger partial charge in [-0.2, -0.15) is 0 Å². The summed E-state index contributed by atoms with van der Waals surface area (Å²) in [5.74, 6) is 3.61. The van der Waals surface area contributed by atoms with Crippen LogP contribution >= 0.6 is 12.4 Å². The molecule has 6 atom stereocenters. The third-order valence-corrected chi connectivity index (χ3v) is 5.17. The lowest BCUT2D eigenvalue weighted by Crippen LogP contribution is -2.47. The summed E-state index contributed by atoms with van der Waals surface area (Å²) in [6.45, 7) is 1.76. The lowest BCUT2D eigenvalue weighted by Gasteiger charge is -2.32. The number of rotatable bonds is 2. The fourth-order valence-corrected chi connectivity index (χ4v) is 4.55. The molecule has 3 N–H and O–H groups in total. The monoisotopic (exact) mass is 258 g/mol. The molecule has 0 aliphatic heterocycles. The summed E-state index contributed by atoms with van der Waals surface area (Å²) in [4.78, 5) is 11.6. The fourth-order valence-electron chi connectivity index (χ4n) is 4.55. The van der Waals surface area contributed by atoms with Crippen molar-refractivity contribution in [2.24, 2.45) is 29.4 Å². The van der Waals surface area contributed by atoms with Crippen LogP contribution in [0.3, 0.4) is 0 Å². The van der Waals surface area contributed by atoms with Gasteiger partial charge in [-0.1, -0.05) is 6.42 Å². The second-order valence-corrected chi connectivity index (χ2v) is 6.06. The Balaban J connectivity index is 0.00000108. The average Bonchev–Trinajstić information content (AvgIpc) is 2.87. The zero-order valence-corrected chi connectivity index (χ0v) is 11.2. The Kier molecular flexibility index (Phi) is 3.69. The smallest absolute Gasteiger partial charge is 0.236 e. The van der Waals surface area contributed by atoms with Gasteiger partial charge in [0.25, 0.3) is 0 Å². The molecule has 0 aromatic heterocycles. The minimum absolute atomic E-state index is 0. The number of nitrogens with one attached hydrogen (secondary N) is 1. The number of hydrogen-bond donors (Lipinski definition) is 2. The number of nitrogens with two attached hydrogens (primary N) is 1. The van der Waals surface area contributed by atoms with Crippen molar-refractivity contribution in [2.75, 3.05) is 0 Å². The van der Waals surface area contributed by atoms with E-state index >= 15 is 0 Å². The Hall–Kier alpha value is -0.280. The van der Waals surface area contributed by atoms with E-state index in [0.717, 1.165) is 23.7 Å². The standard InChI is InChI=1S/C13H22N2O.ClH/c1-7(14)13(16)15-12-6-8-5-11(12)10-4-2-3-9(8)10;/h7-12H,2-6,14H2,1H3,(H,15,16);1H/t7-,8?,9?,10?,11?,12?;/m0./s1. The summed E-state index contributed by atoms with van der Waals surface area (Å²) < 4.78 is 0. The Morgan fingerprint density at radius 1 is 1.24 bits per heavy atom. The summed E-state index contributed by atoms with van der Waals surface area (Å²) in [5, 5.41) is 3.16. The molecule has 3 aliphatic rings. The molecule has 4 heteroatoms. The first-order valence-electron chi connectivity index (χ1n) is 6.72. The second kappa shape index (κ2) is 4.77. The van der Waals surface area contributed by atoms with E-state index in [2.05, 4.69) is 5.32 Å². The van der Waals surface area contributed by atoms with Crippen LogP contribution in [0.5, 0.6) is 0 Å². The molecular weight excluding hydrogens is 236 g/mol. The Morgan fingerprint density at radius 3 is 2.65 bits per heavy atom. The molecular formula is C13H23ClN2O. The molecule has 0 aromatic rings. The topological polar surface area (TPSA) is 55.1 Å². The van der Waals surface area contributed by atoms with Crippen LogP contribution in [0.2, 0.25) is 0 Å². The highest BCUT2D eigenvalue weighted by Crippen LogP contribution is 2.58. The maximum atomic E-state index is 11.6. The van der Waals surface area contributed by atoms with Gasteiger partial charge in [0, 0.05) is 6.04 Å². The van der Waals surface area contributed by atoms with Crippen molar-refractivity contribution in [1.29, 1.82) is 0 Å². The number of carbonyl (C=O) groups excluding carboxylic acids is 1. The SMILES string of the molecule is C[C@H](N)C(=O)NC1CC2CC1C1CCCC21.Cl. The van der Waals surface area contributed by atoms with E-state index in [4.69, 9.17) is 5.73 Å². The van der Waals surface area contributed by atoms with E-state index in [1.165, 1.54) is 32.1 Å². The van der Waals surface area contributed by atoms with Gasteiger partial charge in [0.2, 0.25) is 5.91 Å². The third-order valence-electron chi connectivity index (χ3n) is 5.17. The summed E-state index contributed by atoms with van der Waals surface area (Å²) in [7, 11) is 0. The molecule has 17 heavy (non-hydrogen) atoms. The fraction of sp³-hybridized carbons (Fsp3) is 0.923. The third kappa shape index (κ3) is 2.08. The average molecular weight is 259 g/mol. The van der Waals surface area contributed by atoms with Gasteiger partial charge in [0.1, 0.15) is 0 Å².